The molecule has 3 aliphatic rings. The molecule has 2 saturated carbocycles. The number of fused-ring (bicyclic) bond motifs is 1. The van der Waals surface area contributed by atoms with Crippen LogP contribution in [0.4, 0.5) is 0 Å². The minimum Gasteiger partial charge on any atom is -0.380 e. The molecule has 3 fully saturated rings. The third kappa shape index (κ3) is 1.57. The molecule has 3 nitrogen and oxygen atoms in total. The highest BCUT2D eigenvalue weighted by Gasteiger charge is 2.56. The Bertz CT molecular complexity index is 275. The monoisotopic (exact) mass is 209 g/mol. The molecule has 0 aromatic heterocycles. The minimum absolute atomic E-state index is 0.208. The molecule has 3 heteroatoms. The minimum atomic E-state index is 0.208. The molecule has 1 aliphatic heterocycles. The number of hydrogen-bond donors (Lipinski definition) is 1. The topological polar surface area (TPSA) is 38.3 Å². The average molecular weight is 209 g/mol. The first-order valence-electron chi connectivity index (χ1n) is 6.05. The standard InChI is InChI=1S/C12H19NO2/c1-12(6-15-7-12)5-13-11(14)10-8-3-2-4-9(8)10/h8-10H,2-7H2,1H3,(H,13,14). The lowest BCUT2D eigenvalue weighted by molar-refractivity contribution is -0.128. The van der Waals surface area contributed by atoms with E-state index in [9.17, 15) is 4.79 Å². The second-order valence-electron chi connectivity index (χ2n) is 5.81. The van der Waals surface area contributed by atoms with Gasteiger partial charge >= 0.3 is 0 Å². The molecule has 0 aromatic carbocycles. The summed E-state index contributed by atoms with van der Waals surface area (Å²) in [6, 6.07) is 0. The van der Waals surface area contributed by atoms with Crippen LogP contribution >= 0.6 is 0 Å². The van der Waals surface area contributed by atoms with Crippen LogP contribution in [0.25, 0.3) is 0 Å². The highest BCUT2D eigenvalue weighted by atomic mass is 16.5. The molecule has 2 atom stereocenters. The summed E-state index contributed by atoms with van der Waals surface area (Å²) in [4.78, 5) is 11.9. The maximum Gasteiger partial charge on any atom is 0.223 e. The normalized spacial score (nSPS) is 40.5. The van der Waals surface area contributed by atoms with Gasteiger partial charge in [0.25, 0.3) is 0 Å². The van der Waals surface area contributed by atoms with Gasteiger partial charge in [0, 0.05) is 17.9 Å². The predicted octanol–water partition coefficient (Wildman–Crippen LogP) is 1.19. The molecule has 1 saturated heterocycles. The first kappa shape index (κ1) is 9.64. The molecular formula is C12H19NO2. The van der Waals surface area contributed by atoms with Gasteiger partial charge in [-0.25, -0.2) is 0 Å². The second kappa shape index (κ2) is 3.21. The molecule has 1 amide bonds. The number of carbonyl (C=O) groups is 1. The van der Waals surface area contributed by atoms with Crippen molar-refractivity contribution in [3.05, 3.63) is 0 Å². The number of ether oxygens (including phenoxy) is 1. The van der Waals surface area contributed by atoms with Crippen LogP contribution in [0.1, 0.15) is 26.2 Å². The van der Waals surface area contributed by atoms with Crippen molar-refractivity contribution in [2.24, 2.45) is 23.2 Å². The maximum absolute atomic E-state index is 11.9. The predicted molar refractivity (Wildman–Crippen MR) is 56.3 cm³/mol. The first-order chi connectivity index (χ1) is 7.20. The van der Waals surface area contributed by atoms with Crippen LogP contribution in [0.3, 0.4) is 0 Å². The van der Waals surface area contributed by atoms with E-state index in [-0.39, 0.29) is 5.41 Å². The molecule has 15 heavy (non-hydrogen) atoms. The van der Waals surface area contributed by atoms with Gasteiger partial charge in [-0.05, 0) is 24.7 Å². The Labute approximate surface area is 90.6 Å². The number of rotatable bonds is 3. The third-order valence-electron chi connectivity index (χ3n) is 4.30. The highest BCUT2D eigenvalue weighted by Crippen LogP contribution is 2.57. The molecule has 1 N–H and O–H groups in total. The van der Waals surface area contributed by atoms with Gasteiger partial charge in [0.15, 0.2) is 0 Å². The summed E-state index contributed by atoms with van der Waals surface area (Å²) in [7, 11) is 0. The zero-order valence-corrected chi connectivity index (χ0v) is 9.29. The van der Waals surface area contributed by atoms with Gasteiger partial charge in [-0.2, -0.15) is 0 Å². The summed E-state index contributed by atoms with van der Waals surface area (Å²) in [5.74, 6) is 2.13. The van der Waals surface area contributed by atoms with Crippen LogP contribution in [-0.4, -0.2) is 25.7 Å². The summed E-state index contributed by atoms with van der Waals surface area (Å²) in [6.45, 7) is 4.56. The van der Waals surface area contributed by atoms with Crippen molar-refractivity contribution in [1.82, 2.24) is 5.32 Å². The number of nitrogens with one attached hydrogen (secondary N) is 1. The summed E-state index contributed by atoms with van der Waals surface area (Å²) in [6.07, 6.45) is 3.90. The van der Waals surface area contributed by atoms with Crippen LogP contribution in [0.15, 0.2) is 0 Å². The van der Waals surface area contributed by atoms with Crippen molar-refractivity contribution in [3.8, 4) is 0 Å². The SMILES string of the molecule is CC1(CNC(=O)C2C3CCCC32)COC1. The summed E-state index contributed by atoms with van der Waals surface area (Å²) in [5.41, 5.74) is 0.208. The number of carbonyl (C=O) groups excluding carboxylic acids is 1. The Morgan fingerprint density at radius 3 is 2.60 bits per heavy atom. The van der Waals surface area contributed by atoms with Crippen LogP contribution < -0.4 is 5.32 Å². The zero-order chi connectivity index (χ0) is 10.5. The van der Waals surface area contributed by atoms with Crippen molar-refractivity contribution in [2.45, 2.75) is 26.2 Å². The van der Waals surface area contributed by atoms with Gasteiger partial charge in [-0.1, -0.05) is 13.3 Å². The molecule has 2 aliphatic carbocycles. The molecule has 2 unspecified atom stereocenters. The van der Waals surface area contributed by atoms with Crippen LogP contribution in [0, 0.1) is 23.2 Å². The largest absolute Gasteiger partial charge is 0.380 e. The molecule has 3 rings (SSSR count). The van der Waals surface area contributed by atoms with Crippen molar-refractivity contribution in [3.63, 3.8) is 0 Å². The molecule has 1 heterocycles. The van der Waals surface area contributed by atoms with E-state index in [1.54, 1.807) is 0 Å². The van der Waals surface area contributed by atoms with E-state index in [0.717, 1.165) is 31.6 Å². The van der Waals surface area contributed by atoms with E-state index in [1.807, 2.05) is 0 Å². The summed E-state index contributed by atoms with van der Waals surface area (Å²) in [5, 5.41) is 3.10. The van der Waals surface area contributed by atoms with Crippen LogP contribution in [0.5, 0.6) is 0 Å². The van der Waals surface area contributed by atoms with Crippen LogP contribution in [0.2, 0.25) is 0 Å². The molecule has 0 aromatic rings. The van der Waals surface area contributed by atoms with E-state index < -0.39 is 0 Å². The molecule has 84 valence electrons. The van der Waals surface area contributed by atoms with E-state index in [2.05, 4.69) is 12.2 Å². The zero-order valence-electron chi connectivity index (χ0n) is 9.29. The van der Waals surface area contributed by atoms with E-state index in [0.29, 0.717) is 11.8 Å². The fourth-order valence-electron chi connectivity index (χ4n) is 3.18. The first-order valence-corrected chi connectivity index (χ1v) is 6.05. The Hall–Kier alpha value is -0.570. The van der Waals surface area contributed by atoms with Gasteiger partial charge in [0.05, 0.1) is 13.2 Å². The second-order valence-corrected chi connectivity index (χ2v) is 5.81. The van der Waals surface area contributed by atoms with Gasteiger partial charge < -0.3 is 10.1 Å². The van der Waals surface area contributed by atoms with E-state index in [1.165, 1.54) is 19.3 Å². The van der Waals surface area contributed by atoms with Gasteiger partial charge in [0.2, 0.25) is 5.91 Å². The molecule has 0 bridgehead atoms. The quantitative estimate of drug-likeness (QED) is 0.758. The Morgan fingerprint density at radius 2 is 2.07 bits per heavy atom. The lowest BCUT2D eigenvalue weighted by Crippen LogP contribution is -2.49. The van der Waals surface area contributed by atoms with Gasteiger partial charge in [-0.15, -0.1) is 0 Å². The highest BCUT2D eigenvalue weighted by molar-refractivity contribution is 5.82. The Morgan fingerprint density at radius 1 is 1.40 bits per heavy atom. The molecular weight excluding hydrogens is 190 g/mol. The Balaban J connectivity index is 1.46. The summed E-state index contributed by atoms with van der Waals surface area (Å²) < 4.78 is 5.17. The van der Waals surface area contributed by atoms with Crippen molar-refractivity contribution in [2.75, 3.05) is 19.8 Å². The smallest absolute Gasteiger partial charge is 0.223 e. The van der Waals surface area contributed by atoms with Crippen LogP contribution in [-0.2, 0) is 9.53 Å². The number of hydrogen-bond acceptors (Lipinski definition) is 2. The van der Waals surface area contributed by atoms with E-state index in [4.69, 9.17) is 4.74 Å². The fraction of sp³-hybridized carbons (Fsp3) is 0.917. The lowest BCUT2D eigenvalue weighted by Gasteiger charge is -2.38. The average Bonchev–Trinajstić information content (AvgIpc) is 2.66. The number of amides is 1. The Kier molecular flexibility index (Phi) is 2.06. The molecule has 0 spiro atoms. The van der Waals surface area contributed by atoms with Crippen molar-refractivity contribution < 1.29 is 9.53 Å². The third-order valence-corrected chi connectivity index (χ3v) is 4.30. The lowest BCUT2D eigenvalue weighted by atomic mass is 9.88. The summed E-state index contributed by atoms with van der Waals surface area (Å²) >= 11 is 0. The fourth-order valence-corrected chi connectivity index (χ4v) is 3.18. The maximum atomic E-state index is 11.9. The van der Waals surface area contributed by atoms with Crippen molar-refractivity contribution in [1.29, 1.82) is 0 Å². The van der Waals surface area contributed by atoms with Gasteiger partial charge in [0.1, 0.15) is 0 Å². The van der Waals surface area contributed by atoms with E-state index >= 15 is 0 Å². The van der Waals surface area contributed by atoms with Crippen molar-refractivity contribution >= 4 is 5.91 Å². The van der Waals surface area contributed by atoms with Gasteiger partial charge in [-0.3, -0.25) is 4.79 Å². The molecule has 0 radical (unpaired) electrons.